The standard InChI is InChI=1S/C9H8FNO4/c10-7-4-6(2-1-3-12)9(13)8(5-7)11(14)15/h3-5,13H,1-2H2. The number of rotatable bonds is 4. The Bertz CT molecular complexity index is 405. The molecule has 0 aromatic heterocycles. The predicted octanol–water partition coefficient (Wildman–Crippen LogP) is 1.57. The zero-order valence-electron chi connectivity index (χ0n) is 7.64. The summed E-state index contributed by atoms with van der Waals surface area (Å²) in [4.78, 5) is 19.6. The number of nitro benzene ring substituents is 1. The molecular weight excluding hydrogens is 205 g/mol. The van der Waals surface area contributed by atoms with E-state index in [4.69, 9.17) is 0 Å². The van der Waals surface area contributed by atoms with E-state index in [2.05, 4.69) is 0 Å². The van der Waals surface area contributed by atoms with Gasteiger partial charge in [0.2, 0.25) is 0 Å². The average Bonchev–Trinajstić information content (AvgIpc) is 2.18. The van der Waals surface area contributed by atoms with Crippen molar-refractivity contribution in [3.8, 4) is 5.75 Å². The van der Waals surface area contributed by atoms with Gasteiger partial charge in [0.15, 0.2) is 5.75 Å². The highest BCUT2D eigenvalue weighted by molar-refractivity contribution is 5.54. The van der Waals surface area contributed by atoms with Gasteiger partial charge in [0.05, 0.1) is 11.0 Å². The number of carbonyl (C=O) groups is 1. The maximum Gasteiger partial charge on any atom is 0.313 e. The predicted molar refractivity (Wildman–Crippen MR) is 49.1 cm³/mol. The molecule has 0 unspecified atom stereocenters. The van der Waals surface area contributed by atoms with Gasteiger partial charge in [-0.25, -0.2) is 4.39 Å². The lowest BCUT2D eigenvalue weighted by Gasteiger charge is -2.03. The molecule has 15 heavy (non-hydrogen) atoms. The van der Waals surface area contributed by atoms with Crippen LogP contribution in [0.1, 0.15) is 12.0 Å². The molecule has 0 amide bonds. The van der Waals surface area contributed by atoms with Crippen molar-refractivity contribution in [1.29, 1.82) is 0 Å². The second kappa shape index (κ2) is 4.50. The maximum absolute atomic E-state index is 12.9. The fourth-order valence-corrected chi connectivity index (χ4v) is 1.18. The number of carbonyl (C=O) groups excluding carboxylic acids is 1. The van der Waals surface area contributed by atoms with Crippen molar-refractivity contribution in [2.45, 2.75) is 12.8 Å². The van der Waals surface area contributed by atoms with Crippen LogP contribution in [0.5, 0.6) is 5.75 Å². The monoisotopic (exact) mass is 213 g/mol. The zero-order chi connectivity index (χ0) is 11.4. The van der Waals surface area contributed by atoms with Crippen molar-refractivity contribution >= 4 is 12.0 Å². The lowest BCUT2D eigenvalue weighted by atomic mass is 10.1. The molecule has 0 heterocycles. The molecule has 1 N–H and O–H groups in total. The summed E-state index contributed by atoms with van der Waals surface area (Å²) in [7, 11) is 0. The van der Waals surface area contributed by atoms with Gasteiger partial charge >= 0.3 is 5.69 Å². The summed E-state index contributed by atoms with van der Waals surface area (Å²) in [6.45, 7) is 0. The van der Waals surface area contributed by atoms with Gasteiger partial charge < -0.3 is 9.90 Å². The fourth-order valence-electron chi connectivity index (χ4n) is 1.18. The first-order valence-corrected chi connectivity index (χ1v) is 4.15. The number of aryl methyl sites for hydroxylation is 1. The van der Waals surface area contributed by atoms with E-state index < -0.39 is 22.2 Å². The SMILES string of the molecule is O=CCCc1cc(F)cc([N+](=O)[O-])c1O. The number of aldehydes is 1. The van der Waals surface area contributed by atoms with Crippen LogP contribution in [0.25, 0.3) is 0 Å². The van der Waals surface area contributed by atoms with Crippen molar-refractivity contribution in [3.05, 3.63) is 33.6 Å². The van der Waals surface area contributed by atoms with Gasteiger partial charge in [0.25, 0.3) is 0 Å². The number of halogens is 1. The first-order valence-electron chi connectivity index (χ1n) is 4.15. The topological polar surface area (TPSA) is 80.4 Å². The van der Waals surface area contributed by atoms with E-state index >= 15 is 0 Å². The minimum Gasteiger partial charge on any atom is -0.502 e. The molecule has 5 nitrogen and oxygen atoms in total. The lowest BCUT2D eigenvalue weighted by molar-refractivity contribution is -0.386. The molecule has 1 aromatic carbocycles. The fraction of sp³-hybridized carbons (Fsp3) is 0.222. The third kappa shape index (κ3) is 2.49. The number of aromatic hydroxyl groups is 1. The number of hydrogen-bond acceptors (Lipinski definition) is 4. The Hall–Kier alpha value is -1.98. The van der Waals surface area contributed by atoms with Gasteiger partial charge in [-0.15, -0.1) is 0 Å². The average molecular weight is 213 g/mol. The molecule has 0 spiro atoms. The third-order valence-electron chi connectivity index (χ3n) is 1.86. The van der Waals surface area contributed by atoms with Crippen LogP contribution < -0.4 is 0 Å². The summed E-state index contributed by atoms with van der Waals surface area (Å²) < 4.78 is 12.9. The first kappa shape index (κ1) is 11.1. The van der Waals surface area contributed by atoms with Crippen molar-refractivity contribution < 1.29 is 19.2 Å². The van der Waals surface area contributed by atoms with E-state index in [0.717, 1.165) is 6.07 Å². The normalized spacial score (nSPS) is 9.93. The minimum absolute atomic E-state index is 0.0637. The number of benzene rings is 1. The zero-order valence-corrected chi connectivity index (χ0v) is 7.64. The summed E-state index contributed by atoms with van der Waals surface area (Å²) in [6.07, 6.45) is 0.748. The Morgan fingerprint density at radius 2 is 2.20 bits per heavy atom. The smallest absolute Gasteiger partial charge is 0.313 e. The molecule has 0 saturated heterocycles. The summed E-state index contributed by atoms with van der Waals surface area (Å²) in [5, 5.41) is 19.8. The molecule has 1 rings (SSSR count). The molecule has 0 bridgehead atoms. The van der Waals surface area contributed by atoms with Crippen LogP contribution in [-0.4, -0.2) is 16.3 Å². The van der Waals surface area contributed by atoms with Gasteiger partial charge in [-0.1, -0.05) is 0 Å². The lowest BCUT2D eigenvalue weighted by Crippen LogP contribution is -1.95. The molecule has 0 atom stereocenters. The Labute approximate surface area is 84.3 Å². The second-order valence-corrected chi connectivity index (χ2v) is 2.90. The van der Waals surface area contributed by atoms with Crippen molar-refractivity contribution in [2.24, 2.45) is 0 Å². The minimum atomic E-state index is -0.872. The highest BCUT2D eigenvalue weighted by Crippen LogP contribution is 2.31. The summed E-state index contributed by atoms with van der Waals surface area (Å²) in [5.41, 5.74) is -0.621. The number of hydrogen-bond donors (Lipinski definition) is 1. The number of phenols is 1. The van der Waals surface area contributed by atoms with Crippen LogP contribution >= 0.6 is 0 Å². The largest absolute Gasteiger partial charge is 0.502 e. The summed E-state index contributed by atoms with van der Waals surface area (Å²) in [5.74, 6) is -1.39. The van der Waals surface area contributed by atoms with Crippen LogP contribution in [0.2, 0.25) is 0 Å². The number of nitrogens with zero attached hydrogens (tertiary/aromatic N) is 1. The Balaban J connectivity index is 3.15. The number of nitro groups is 1. The molecule has 1 aromatic rings. The van der Waals surface area contributed by atoms with E-state index in [-0.39, 0.29) is 18.4 Å². The molecule has 0 saturated carbocycles. The van der Waals surface area contributed by atoms with Crippen LogP contribution in [0.4, 0.5) is 10.1 Å². The molecular formula is C9H8FNO4. The number of phenolic OH excluding ortho intramolecular Hbond substituents is 1. The van der Waals surface area contributed by atoms with E-state index in [1.807, 2.05) is 0 Å². The van der Waals surface area contributed by atoms with Crippen LogP contribution in [0.15, 0.2) is 12.1 Å². The Kier molecular flexibility index (Phi) is 3.33. The maximum atomic E-state index is 12.9. The molecule has 0 fully saturated rings. The van der Waals surface area contributed by atoms with Gasteiger partial charge in [-0.2, -0.15) is 0 Å². The Morgan fingerprint density at radius 1 is 1.53 bits per heavy atom. The van der Waals surface area contributed by atoms with Crippen molar-refractivity contribution in [3.63, 3.8) is 0 Å². The van der Waals surface area contributed by atoms with Gasteiger partial charge in [0, 0.05) is 12.0 Å². The highest BCUT2D eigenvalue weighted by Gasteiger charge is 2.18. The molecule has 0 aliphatic carbocycles. The molecule has 0 aliphatic rings. The van der Waals surface area contributed by atoms with Gasteiger partial charge in [-0.3, -0.25) is 10.1 Å². The van der Waals surface area contributed by atoms with Crippen molar-refractivity contribution in [1.82, 2.24) is 0 Å². The third-order valence-corrected chi connectivity index (χ3v) is 1.86. The summed E-state index contributed by atoms with van der Waals surface area (Å²) in [6, 6.07) is 1.62. The van der Waals surface area contributed by atoms with Crippen LogP contribution in [-0.2, 0) is 11.2 Å². The molecule has 6 heteroatoms. The van der Waals surface area contributed by atoms with E-state index in [9.17, 15) is 24.4 Å². The second-order valence-electron chi connectivity index (χ2n) is 2.90. The molecule has 0 radical (unpaired) electrons. The summed E-state index contributed by atoms with van der Waals surface area (Å²) >= 11 is 0. The van der Waals surface area contributed by atoms with Crippen molar-refractivity contribution in [2.75, 3.05) is 0 Å². The first-order chi connectivity index (χ1) is 7.06. The van der Waals surface area contributed by atoms with E-state index in [1.54, 1.807) is 0 Å². The molecule has 80 valence electrons. The highest BCUT2D eigenvalue weighted by atomic mass is 19.1. The van der Waals surface area contributed by atoms with Crippen LogP contribution in [0, 0.1) is 15.9 Å². The van der Waals surface area contributed by atoms with Gasteiger partial charge in [0.1, 0.15) is 12.1 Å². The van der Waals surface area contributed by atoms with E-state index in [0.29, 0.717) is 12.4 Å². The van der Waals surface area contributed by atoms with Crippen LogP contribution in [0.3, 0.4) is 0 Å². The Morgan fingerprint density at radius 3 is 2.73 bits per heavy atom. The quantitative estimate of drug-likeness (QED) is 0.467. The van der Waals surface area contributed by atoms with Gasteiger partial charge in [-0.05, 0) is 12.5 Å². The molecule has 0 aliphatic heterocycles. The van der Waals surface area contributed by atoms with E-state index in [1.165, 1.54) is 0 Å².